The number of hydrogen-bond acceptors (Lipinski definition) is 1. The maximum absolute atomic E-state index is 4.89. The summed E-state index contributed by atoms with van der Waals surface area (Å²) >= 11 is 0. The molecular weight excluding hydrogens is 95.0 g/mol. The standard InChI is InChI=1S/C4H7OP/c1-3-4(2)5-6/h1,4H,6H2,2H3/t4-/m1/s1. The van der Waals surface area contributed by atoms with Gasteiger partial charge in [-0.1, -0.05) is 5.92 Å². The van der Waals surface area contributed by atoms with Gasteiger partial charge in [-0.05, 0) is 6.92 Å². The molecule has 0 aliphatic heterocycles. The number of hydrogen-bond donors (Lipinski definition) is 0. The molecule has 2 heteroatoms. The zero-order valence-electron chi connectivity index (χ0n) is 3.64. The van der Waals surface area contributed by atoms with E-state index >= 15 is 0 Å². The Morgan fingerprint density at radius 1 is 2.00 bits per heavy atom. The lowest BCUT2D eigenvalue weighted by atomic mass is 10.4. The van der Waals surface area contributed by atoms with Gasteiger partial charge in [-0.3, -0.25) is 0 Å². The van der Waals surface area contributed by atoms with Crippen molar-refractivity contribution in [2.45, 2.75) is 13.0 Å². The third-order valence-corrected chi connectivity index (χ3v) is 0.847. The molecule has 0 N–H and O–H groups in total. The second-order valence-electron chi connectivity index (χ2n) is 0.945. The highest BCUT2D eigenvalue weighted by Gasteiger charge is 1.84. The van der Waals surface area contributed by atoms with E-state index in [9.17, 15) is 0 Å². The van der Waals surface area contributed by atoms with E-state index in [0.29, 0.717) is 0 Å². The van der Waals surface area contributed by atoms with Crippen LogP contribution in [0.5, 0.6) is 0 Å². The Balaban J connectivity index is 3.04. The second kappa shape index (κ2) is 3.15. The molecule has 0 amide bonds. The van der Waals surface area contributed by atoms with Crippen molar-refractivity contribution in [3.63, 3.8) is 0 Å². The van der Waals surface area contributed by atoms with Gasteiger partial charge in [0.2, 0.25) is 0 Å². The number of rotatable bonds is 1. The molecule has 0 rings (SSSR count). The summed E-state index contributed by atoms with van der Waals surface area (Å²) in [5.74, 6) is 2.37. The highest BCUT2D eigenvalue weighted by atomic mass is 31.0. The lowest BCUT2D eigenvalue weighted by Gasteiger charge is -1.94. The molecule has 0 fully saturated rings. The van der Waals surface area contributed by atoms with Gasteiger partial charge in [-0.2, -0.15) is 0 Å². The van der Waals surface area contributed by atoms with Crippen LogP contribution in [0.25, 0.3) is 0 Å². The van der Waals surface area contributed by atoms with E-state index in [1.54, 1.807) is 6.92 Å². The molecule has 0 aliphatic rings. The van der Waals surface area contributed by atoms with E-state index in [1.165, 1.54) is 0 Å². The van der Waals surface area contributed by atoms with Crippen molar-refractivity contribution in [3.8, 4) is 12.3 Å². The molecule has 0 saturated heterocycles. The van der Waals surface area contributed by atoms with E-state index in [2.05, 4.69) is 19.9 Å². The predicted octanol–water partition coefficient (Wildman–Crippen LogP) is 0.815. The molecule has 0 saturated carbocycles. The molecule has 0 aromatic heterocycles. The van der Waals surface area contributed by atoms with Crippen molar-refractivity contribution in [3.05, 3.63) is 0 Å². The van der Waals surface area contributed by atoms with Crippen LogP contribution in [0.15, 0.2) is 0 Å². The molecule has 0 spiro atoms. The van der Waals surface area contributed by atoms with Crippen LogP contribution in [0.1, 0.15) is 6.92 Å². The predicted molar refractivity (Wildman–Crippen MR) is 29.1 cm³/mol. The van der Waals surface area contributed by atoms with Crippen LogP contribution in [-0.2, 0) is 4.52 Å². The van der Waals surface area contributed by atoms with Gasteiger partial charge >= 0.3 is 0 Å². The smallest absolute Gasteiger partial charge is 0.118 e. The van der Waals surface area contributed by atoms with Crippen LogP contribution >= 0.6 is 9.47 Å². The van der Waals surface area contributed by atoms with Gasteiger partial charge < -0.3 is 4.52 Å². The van der Waals surface area contributed by atoms with Crippen LogP contribution in [0.4, 0.5) is 0 Å². The molecule has 0 bridgehead atoms. The number of terminal acetylenes is 1. The lowest BCUT2D eigenvalue weighted by molar-refractivity contribution is 0.329. The highest BCUT2D eigenvalue weighted by molar-refractivity contribution is 7.09. The van der Waals surface area contributed by atoms with Gasteiger partial charge in [0.05, 0.1) is 0 Å². The topological polar surface area (TPSA) is 9.23 Å². The van der Waals surface area contributed by atoms with Gasteiger partial charge in [0, 0.05) is 9.47 Å². The van der Waals surface area contributed by atoms with Gasteiger partial charge in [0.1, 0.15) is 6.10 Å². The average molecular weight is 102 g/mol. The fourth-order valence-corrected chi connectivity index (χ4v) is 0.118. The Labute approximate surface area is 40.4 Å². The molecular formula is C4H7OP. The zero-order valence-corrected chi connectivity index (χ0v) is 4.79. The van der Waals surface area contributed by atoms with E-state index in [1.807, 2.05) is 0 Å². The Morgan fingerprint density at radius 2 is 2.50 bits per heavy atom. The Bertz CT molecular complexity index is 64.4. The normalized spacial score (nSPS) is 12.8. The summed E-state index contributed by atoms with van der Waals surface area (Å²) < 4.78 is 4.58. The summed E-state index contributed by atoms with van der Waals surface area (Å²) in [4.78, 5) is 0. The van der Waals surface area contributed by atoms with E-state index in [-0.39, 0.29) is 6.10 Å². The van der Waals surface area contributed by atoms with Gasteiger partial charge in [0.25, 0.3) is 0 Å². The minimum atomic E-state index is -0.0741. The van der Waals surface area contributed by atoms with Crippen LogP contribution in [0.2, 0.25) is 0 Å². The maximum atomic E-state index is 4.89. The summed E-state index contributed by atoms with van der Waals surface area (Å²) in [6, 6.07) is 0. The van der Waals surface area contributed by atoms with Crippen molar-refractivity contribution < 1.29 is 4.52 Å². The minimum absolute atomic E-state index is 0.0741. The van der Waals surface area contributed by atoms with Crippen molar-refractivity contribution >= 4 is 9.47 Å². The molecule has 6 heavy (non-hydrogen) atoms. The first kappa shape index (κ1) is 5.95. The first-order chi connectivity index (χ1) is 2.81. The van der Waals surface area contributed by atoms with E-state index in [4.69, 9.17) is 6.42 Å². The van der Waals surface area contributed by atoms with Gasteiger partial charge in [-0.25, -0.2) is 0 Å². The second-order valence-corrected chi connectivity index (χ2v) is 1.22. The molecule has 0 heterocycles. The third kappa shape index (κ3) is 2.20. The van der Waals surface area contributed by atoms with Gasteiger partial charge in [0.15, 0.2) is 0 Å². The summed E-state index contributed by atoms with van der Waals surface area (Å²) in [5, 5.41) is 0. The Hall–Kier alpha value is -0.0500. The minimum Gasteiger partial charge on any atom is -0.350 e. The monoisotopic (exact) mass is 102 g/mol. The Morgan fingerprint density at radius 3 is 2.50 bits per heavy atom. The molecule has 34 valence electrons. The first-order valence-electron chi connectivity index (χ1n) is 1.63. The summed E-state index contributed by atoms with van der Waals surface area (Å²) in [6.45, 7) is 1.80. The summed E-state index contributed by atoms with van der Waals surface area (Å²) in [6.07, 6.45) is 4.82. The Kier molecular flexibility index (Phi) is 3.13. The molecule has 0 radical (unpaired) electrons. The largest absolute Gasteiger partial charge is 0.350 e. The van der Waals surface area contributed by atoms with E-state index < -0.39 is 0 Å². The third-order valence-electron chi connectivity index (χ3n) is 0.439. The van der Waals surface area contributed by atoms with Crippen LogP contribution in [0.3, 0.4) is 0 Å². The lowest BCUT2D eigenvalue weighted by Crippen LogP contribution is -1.92. The highest BCUT2D eigenvalue weighted by Crippen LogP contribution is 1.91. The van der Waals surface area contributed by atoms with Gasteiger partial charge in [-0.15, -0.1) is 6.42 Å². The molecule has 1 nitrogen and oxygen atoms in total. The molecule has 0 aromatic carbocycles. The fourth-order valence-electron chi connectivity index (χ4n) is 0.0393. The SMILES string of the molecule is C#C[C@@H](C)OP. The van der Waals surface area contributed by atoms with Crippen molar-refractivity contribution in [2.75, 3.05) is 0 Å². The van der Waals surface area contributed by atoms with Crippen molar-refractivity contribution in [2.24, 2.45) is 0 Å². The molecule has 1 unspecified atom stereocenters. The summed E-state index contributed by atoms with van der Waals surface area (Å²) in [5.41, 5.74) is 0. The zero-order chi connectivity index (χ0) is 4.99. The fraction of sp³-hybridized carbons (Fsp3) is 0.500. The maximum Gasteiger partial charge on any atom is 0.118 e. The molecule has 0 aromatic rings. The van der Waals surface area contributed by atoms with Crippen LogP contribution in [-0.4, -0.2) is 6.10 Å². The average Bonchev–Trinajstić information content (AvgIpc) is 1.65. The molecule has 2 atom stereocenters. The quantitative estimate of drug-likeness (QED) is 0.351. The summed E-state index contributed by atoms with van der Waals surface area (Å²) in [7, 11) is 2.10. The van der Waals surface area contributed by atoms with Crippen molar-refractivity contribution in [1.82, 2.24) is 0 Å². The first-order valence-corrected chi connectivity index (χ1v) is 2.10. The van der Waals surface area contributed by atoms with Crippen LogP contribution < -0.4 is 0 Å². The van der Waals surface area contributed by atoms with E-state index in [0.717, 1.165) is 0 Å². The van der Waals surface area contributed by atoms with Crippen molar-refractivity contribution in [1.29, 1.82) is 0 Å². The molecule has 0 aliphatic carbocycles. The van der Waals surface area contributed by atoms with Crippen LogP contribution in [0, 0.1) is 12.3 Å².